The fourth-order valence-electron chi connectivity index (χ4n) is 2.78. The van der Waals surface area contributed by atoms with Gasteiger partial charge in [0, 0.05) is 24.7 Å². The summed E-state index contributed by atoms with van der Waals surface area (Å²) in [7, 11) is 0.916. The minimum Gasteiger partial charge on any atom is -0.362 e. The first-order valence-electron chi connectivity index (χ1n) is 8.02. The molecule has 0 aliphatic carbocycles. The van der Waals surface area contributed by atoms with E-state index >= 15 is 0 Å². The molecule has 0 N–H and O–H groups in total. The molecule has 0 unspecified atom stereocenters. The number of allylic oxidation sites excluding steroid dienone is 1. The molecule has 0 saturated heterocycles. The normalized spacial score (nSPS) is 16.2. The minimum atomic E-state index is -2.70. The molecule has 8 heteroatoms. The SMILES string of the molecule is CN(C)C1=C(C#N)C(C(Cl)(Cl)Cl)=NP(c2ccccc2)(c2ccccc2)=N1. The van der Waals surface area contributed by atoms with Gasteiger partial charge in [0.1, 0.15) is 30.4 Å². The zero-order valence-electron chi connectivity index (χ0n) is 14.6. The molecule has 138 valence electrons. The predicted molar refractivity (Wildman–Crippen MR) is 116 cm³/mol. The highest BCUT2D eigenvalue weighted by Gasteiger charge is 2.40. The van der Waals surface area contributed by atoms with Gasteiger partial charge in [-0.1, -0.05) is 95.5 Å². The van der Waals surface area contributed by atoms with Crippen molar-refractivity contribution in [3.8, 4) is 6.07 Å². The van der Waals surface area contributed by atoms with Crippen LogP contribution in [0.15, 0.2) is 81.6 Å². The van der Waals surface area contributed by atoms with E-state index in [2.05, 4.69) is 6.07 Å². The quantitative estimate of drug-likeness (QED) is 0.508. The minimum absolute atomic E-state index is 0.120. The van der Waals surface area contributed by atoms with Gasteiger partial charge in [0.2, 0.25) is 3.79 Å². The summed E-state index contributed by atoms with van der Waals surface area (Å²) in [5, 5.41) is 11.5. The van der Waals surface area contributed by atoms with Crippen LogP contribution in [0.4, 0.5) is 0 Å². The van der Waals surface area contributed by atoms with Gasteiger partial charge in [-0.25, -0.2) is 9.51 Å². The van der Waals surface area contributed by atoms with Crippen LogP contribution in [0.25, 0.3) is 0 Å². The molecular formula is C19H16Cl3N4P. The molecule has 0 bridgehead atoms. The van der Waals surface area contributed by atoms with Crippen molar-refractivity contribution in [2.75, 3.05) is 14.1 Å². The molecule has 27 heavy (non-hydrogen) atoms. The van der Waals surface area contributed by atoms with E-state index in [1.165, 1.54) is 0 Å². The van der Waals surface area contributed by atoms with Crippen molar-refractivity contribution in [2.45, 2.75) is 3.79 Å². The van der Waals surface area contributed by atoms with Gasteiger partial charge in [0.25, 0.3) is 0 Å². The van der Waals surface area contributed by atoms with E-state index in [0.717, 1.165) is 10.6 Å². The van der Waals surface area contributed by atoms with Crippen LogP contribution in [0.2, 0.25) is 0 Å². The Morgan fingerprint density at radius 2 is 1.41 bits per heavy atom. The number of nitrogens with zero attached hydrogens (tertiary/aromatic N) is 4. The van der Waals surface area contributed by atoms with Gasteiger partial charge in [0.15, 0.2) is 0 Å². The summed E-state index contributed by atoms with van der Waals surface area (Å²) in [5.41, 5.74) is 0.289. The Morgan fingerprint density at radius 3 is 1.78 bits per heavy atom. The molecule has 0 saturated carbocycles. The summed E-state index contributed by atoms with van der Waals surface area (Å²) < 4.78 is 8.02. The average molecular weight is 438 g/mol. The maximum Gasteiger partial charge on any atom is 0.234 e. The highest BCUT2D eigenvalue weighted by molar-refractivity contribution is 7.80. The van der Waals surface area contributed by atoms with E-state index in [9.17, 15) is 5.26 Å². The Kier molecular flexibility index (Phi) is 5.70. The van der Waals surface area contributed by atoms with Crippen LogP contribution in [0.3, 0.4) is 0 Å². The molecule has 0 radical (unpaired) electrons. The van der Waals surface area contributed by atoms with Gasteiger partial charge < -0.3 is 4.90 Å². The molecule has 0 fully saturated rings. The fourth-order valence-corrected chi connectivity index (χ4v) is 6.44. The fraction of sp³-hybridized carbons (Fsp3) is 0.158. The lowest BCUT2D eigenvalue weighted by molar-refractivity contribution is 0.506. The zero-order chi connectivity index (χ0) is 19.7. The van der Waals surface area contributed by atoms with Crippen LogP contribution < -0.4 is 10.6 Å². The first-order valence-corrected chi connectivity index (χ1v) is 10.9. The van der Waals surface area contributed by atoms with Crippen LogP contribution in [0.1, 0.15) is 0 Å². The second-order valence-corrected chi connectivity index (χ2v) is 10.9. The van der Waals surface area contributed by atoms with Crippen LogP contribution in [0.5, 0.6) is 0 Å². The van der Waals surface area contributed by atoms with Crippen LogP contribution in [0, 0.1) is 11.3 Å². The van der Waals surface area contributed by atoms with Crippen molar-refractivity contribution in [1.82, 2.24) is 4.90 Å². The van der Waals surface area contributed by atoms with Gasteiger partial charge in [-0.05, 0) is 0 Å². The number of rotatable bonds is 3. The standard InChI is InChI=1S/C19H16Cl3N4P/c1-26(2)18-16(13-23)17(19(20,21)22)24-27(25-18,14-9-5-3-6-10-14)15-11-7-4-8-12-15/h3-12H,1-2H3. The van der Waals surface area contributed by atoms with Crippen molar-refractivity contribution in [2.24, 2.45) is 9.51 Å². The lowest BCUT2D eigenvalue weighted by atomic mass is 10.2. The average Bonchev–Trinajstić information content (AvgIpc) is 2.67. The van der Waals surface area contributed by atoms with Gasteiger partial charge in [-0.2, -0.15) is 5.26 Å². The van der Waals surface area contributed by atoms with E-state index in [1.807, 2.05) is 74.8 Å². The summed E-state index contributed by atoms with van der Waals surface area (Å²) in [5.74, 6) is 0.454. The van der Waals surface area contributed by atoms with Crippen molar-refractivity contribution in [3.63, 3.8) is 0 Å². The molecular weight excluding hydrogens is 422 g/mol. The summed E-state index contributed by atoms with van der Waals surface area (Å²) in [6.45, 7) is 0. The third-order valence-electron chi connectivity index (χ3n) is 3.98. The van der Waals surface area contributed by atoms with Gasteiger partial charge >= 0.3 is 0 Å². The number of hydrogen-bond acceptors (Lipinski definition) is 4. The lowest BCUT2D eigenvalue weighted by Gasteiger charge is -2.31. The molecule has 1 aliphatic heterocycles. The molecule has 0 spiro atoms. The first kappa shape index (κ1) is 20.0. The molecule has 0 amide bonds. The zero-order valence-corrected chi connectivity index (χ0v) is 17.8. The Labute approximate surface area is 173 Å². The van der Waals surface area contributed by atoms with E-state index in [1.54, 1.807) is 4.90 Å². The second kappa shape index (κ2) is 7.70. The van der Waals surface area contributed by atoms with Crippen molar-refractivity contribution in [3.05, 3.63) is 72.1 Å². The van der Waals surface area contributed by atoms with E-state index in [-0.39, 0.29) is 11.3 Å². The summed E-state index contributed by atoms with van der Waals surface area (Å²) in [6, 6.07) is 21.6. The third-order valence-corrected chi connectivity index (χ3v) is 7.52. The summed E-state index contributed by atoms with van der Waals surface area (Å²) in [6.07, 6.45) is 0. The highest BCUT2D eigenvalue weighted by atomic mass is 35.6. The largest absolute Gasteiger partial charge is 0.362 e. The molecule has 1 heterocycles. The summed E-state index contributed by atoms with van der Waals surface area (Å²) in [4.78, 5) is 1.75. The third kappa shape index (κ3) is 3.79. The van der Waals surface area contributed by atoms with E-state index in [4.69, 9.17) is 44.3 Å². The molecule has 2 aromatic carbocycles. The van der Waals surface area contributed by atoms with E-state index < -0.39 is 11.0 Å². The Hall–Kier alpha value is -1.76. The monoisotopic (exact) mass is 436 g/mol. The van der Waals surface area contributed by atoms with Gasteiger partial charge in [0.05, 0.1) is 0 Å². The molecule has 0 aromatic heterocycles. The molecule has 1 aliphatic rings. The Morgan fingerprint density at radius 1 is 0.926 bits per heavy atom. The molecule has 0 atom stereocenters. The first-order chi connectivity index (χ1) is 12.8. The highest BCUT2D eigenvalue weighted by Crippen LogP contribution is 2.55. The Bertz CT molecular complexity index is 957. The maximum absolute atomic E-state index is 9.72. The van der Waals surface area contributed by atoms with Crippen LogP contribution in [-0.4, -0.2) is 28.5 Å². The van der Waals surface area contributed by atoms with Gasteiger partial charge in [-0.3, -0.25) is 0 Å². The number of alkyl halides is 3. The lowest BCUT2D eigenvalue weighted by Crippen LogP contribution is -2.30. The number of halogens is 3. The van der Waals surface area contributed by atoms with Crippen molar-refractivity contribution < 1.29 is 0 Å². The topological polar surface area (TPSA) is 51.8 Å². The van der Waals surface area contributed by atoms with Crippen LogP contribution >= 0.6 is 42.0 Å². The van der Waals surface area contributed by atoms with E-state index in [0.29, 0.717) is 5.82 Å². The molecule has 2 aromatic rings. The van der Waals surface area contributed by atoms with Crippen molar-refractivity contribution >= 4 is 58.3 Å². The Balaban J connectivity index is 2.49. The van der Waals surface area contributed by atoms with Crippen LogP contribution in [-0.2, 0) is 0 Å². The smallest absolute Gasteiger partial charge is 0.234 e. The van der Waals surface area contributed by atoms with Gasteiger partial charge in [-0.15, -0.1) is 0 Å². The van der Waals surface area contributed by atoms with Crippen molar-refractivity contribution in [1.29, 1.82) is 5.26 Å². The second-order valence-electron chi connectivity index (χ2n) is 6.02. The number of hydrogen-bond donors (Lipinski definition) is 0. The maximum atomic E-state index is 9.72. The molecule has 3 rings (SSSR count). The summed E-state index contributed by atoms with van der Waals surface area (Å²) >= 11 is 18.7. The predicted octanol–water partition coefficient (Wildman–Crippen LogP) is 4.88. The number of benzene rings is 2. The number of nitriles is 1. The molecule has 4 nitrogen and oxygen atoms in total.